The van der Waals surface area contributed by atoms with Crippen molar-refractivity contribution in [1.29, 1.82) is 0 Å². The predicted octanol–water partition coefficient (Wildman–Crippen LogP) is 6.77. The molecule has 5 heteroatoms. The normalized spacial score (nSPS) is 13.6. The van der Waals surface area contributed by atoms with Crippen LogP contribution in [0.25, 0.3) is 5.70 Å². The Morgan fingerprint density at radius 3 is 2.36 bits per heavy atom. The van der Waals surface area contributed by atoms with Crippen molar-refractivity contribution in [2.45, 2.75) is 18.7 Å². The van der Waals surface area contributed by atoms with Crippen LogP contribution in [-0.2, 0) is 0 Å². The zero-order valence-corrected chi connectivity index (χ0v) is 21.3. The van der Waals surface area contributed by atoms with Crippen molar-refractivity contribution in [3.8, 4) is 0 Å². The zero-order valence-electron chi connectivity index (χ0n) is 20.5. The Hall–Kier alpha value is -3.44. The zero-order chi connectivity index (χ0) is 24.6. The largest absolute Gasteiger partial charge is 0.378 e. The van der Waals surface area contributed by atoms with E-state index >= 15 is 0 Å². The van der Waals surface area contributed by atoms with E-state index in [4.69, 9.17) is 0 Å². The highest BCUT2D eigenvalue weighted by Crippen LogP contribution is 2.33. The fraction of sp³-hybridized carbons (Fsp3) is 0.179. The molecule has 0 radical (unpaired) electrons. The van der Waals surface area contributed by atoms with Crippen molar-refractivity contribution in [2.24, 2.45) is 4.99 Å². The Kier molecular flexibility index (Phi) is 8.94. The summed E-state index contributed by atoms with van der Waals surface area (Å²) in [6, 6.07) is 16.6. The number of allylic oxidation sites excluding steroid dienone is 2. The van der Waals surface area contributed by atoms with Gasteiger partial charge in [-0.2, -0.15) is 9.21 Å². The number of amidine groups is 1. The van der Waals surface area contributed by atoms with Gasteiger partial charge in [0.2, 0.25) is 0 Å². The summed E-state index contributed by atoms with van der Waals surface area (Å²) in [5.74, 6) is 9.21. The van der Waals surface area contributed by atoms with Gasteiger partial charge in [-0.05, 0) is 60.9 Å². The lowest BCUT2D eigenvalue weighted by Gasteiger charge is -2.29. The molecule has 0 unspecified atom stereocenters. The highest BCUT2D eigenvalue weighted by molar-refractivity contribution is 8.27. The first kappa shape index (κ1) is 25.8. The summed E-state index contributed by atoms with van der Waals surface area (Å²) in [6.45, 7) is 11.6. The highest BCUT2D eigenvalue weighted by Gasteiger charge is 2.19. The first-order chi connectivity index (χ1) is 15.6. The minimum Gasteiger partial charge on any atom is -0.378 e. The number of hydrogen-bond acceptors (Lipinski definition) is 4. The molecule has 1 N–H and O–H groups in total. The summed E-state index contributed by atoms with van der Waals surface area (Å²) in [6.07, 6.45) is 9.66. The minimum atomic E-state index is -1.30. The first-order valence-corrected chi connectivity index (χ1v) is 13.1. The van der Waals surface area contributed by atoms with Crippen LogP contribution >= 0.6 is 9.21 Å². The van der Waals surface area contributed by atoms with Crippen molar-refractivity contribution in [3.63, 3.8) is 0 Å². The fourth-order valence-corrected chi connectivity index (χ4v) is 4.01. The SMILES string of the molecule is C=C1C(Nc2cccc(N(C)C)c2)=NC=CN1/C(=C\C)c1cccc(S(=C)(=C)C)c1.C=CC. The molecule has 0 aliphatic carbocycles. The topological polar surface area (TPSA) is 30.9 Å². The Balaban J connectivity index is 0.00000122. The van der Waals surface area contributed by atoms with Gasteiger partial charge in [-0.1, -0.05) is 48.7 Å². The maximum atomic E-state index is 4.52. The average Bonchev–Trinajstić information content (AvgIpc) is 2.77. The lowest BCUT2D eigenvalue weighted by molar-refractivity contribution is 0.683. The second-order valence-electron chi connectivity index (χ2n) is 8.05. The average molecular weight is 461 g/mol. The van der Waals surface area contributed by atoms with Crippen LogP contribution in [0, 0.1) is 0 Å². The van der Waals surface area contributed by atoms with E-state index in [9.17, 15) is 0 Å². The van der Waals surface area contributed by atoms with Crippen LogP contribution in [0.15, 0.2) is 102 Å². The maximum absolute atomic E-state index is 4.52. The quantitative estimate of drug-likeness (QED) is 0.394. The van der Waals surface area contributed by atoms with E-state index in [-0.39, 0.29) is 0 Å². The van der Waals surface area contributed by atoms with E-state index in [1.807, 2.05) is 46.3 Å². The third kappa shape index (κ3) is 6.77. The molecule has 0 atom stereocenters. The van der Waals surface area contributed by atoms with Gasteiger partial charge in [0.25, 0.3) is 0 Å². The Bertz CT molecular complexity index is 1200. The molecule has 1 heterocycles. The van der Waals surface area contributed by atoms with E-state index in [2.05, 4.69) is 93.7 Å². The van der Waals surface area contributed by atoms with E-state index in [0.717, 1.165) is 28.3 Å². The molecule has 0 saturated carbocycles. The molecule has 2 aromatic carbocycles. The summed E-state index contributed by atoms with van der Waals surface area (Å²) in [7, 11) is 2.75. The number of aliphatic imine (C=N–C) groups is 1. The number of hydrogen-bond donors (Lipinski definition) is 1. The van der Waals surface area contributed by atoms with Crippen molar-refractivity contribution < 1.29 is 0 Å². The van der Waals surface area contributed by atoms with Crippen LogP contribution in [0.3, 0.4) is 0 Å². The van der Waals surface area contributed by atoms with Crippen molar-refractivity contribution >= 4 is 43.9 Å². The Morgan fingerprint density at radius 1 is 1.09 bits per heavy atom. The molecule has 33 heavy (non-hydrogen) atoms. The second-order valence-corrected chi connectivity index (χ2v) is 11.1. The number of nitrogens with one attached hydrogen (secondary N) is 1. The summed E-state index contributed by atoms with van der Waals surface area (Å²) in [4.78, 5) is 9.82. The minimum absolute atomic E-state index is 0.716. The molecule has 0 aromatic heterocycles. The van der Waals surface area contributed by atoms with Crippen molar-refractivity contribution in [2.75, 3.05) is 30.6 Å². The van der Waals surface area contributed by atoms with Crippen molar-refractivity contribution in [3.05, 3.63) is 97.5 Å². The van der Waals surface area contributed by atoms with Gasteiger partial charge in [-0.3, -0.25) is 0 Å². The van der Waals surface area contributed by atoms with Gasteiger partial charge < -0.3 is 15.1 Å². The number of rotatable bonds is 5. The second kappa shape index (κ2) is 11.4. The van der Waals surface area contributed by atoms with Gasteiger partial charge in [0.1, 0.15) is 0 Å². The molecule has 3 rings (SSSR count). The van der Waals surface area contributed by atoms with Crippen LogP contribution < -0.4 is 10.2 Å². The molecule has 0 bridgehead atoms. The van der Waals surface area contributed by atoms with Crippen LogP contribution in [-0.4, -0.2) is 42.8 Å². The Morgan fingerprint density at radius 2 is 1.76 bits per heavy atom. The van der Waals surface area contributed by atoms with E-state index in [0.29, 0.717) is 5.84 Å². The Labute approximate surface area is 200 Å². The highest BCUT2D eigenvalue weighted by atomic mass is 32.2. The molecule has 0 saturated heterocycles. The van der Waals surface area contributed by atoms with Crippen molar-refractivity contribution in [1.82, 2.24) is 4.90 Å². The number of nitrogens with zero attached hydrogens (tertiary/aromatic N) is 3. The van der Waals surface area contributed by atoms with Gasteiger partial charge in [0.15, 0.2) is 5.84 Å². The lowest BCUT2D eigenvalue weighted by atomic mass is 10.1. The molecule has 0 fully saturated rings. The maximum Gasteiger partial charge on any atom is 0.154 e. The van der Waals surface area contributed by atoms with Crippen LogP contribution in [0.1, 0.15) is 19.4 Å². The fourth-order valence-electron chi connectivity index (χ4n) is 3.19. The van der Waals surface area contributed by atoms with Gasteiger partial charge >= 0.3 is 0 Å². The molecule has 4 nitrogen and oxygen atoms in total. The van der Waals surface area contributed by atoms with Gasteiger partial charge in [-0.15, -0.1) is 6.58 Å². The van der Waals surface area contributed by atoms with Gasteiger partial charge in [0, 0.05) is 43.6 Å². The third-order valence-corrected chi connectivity index (χ3v) is 6.23. The van der Waals surface area contributed by atoms with Crippen LogP contribution in [0.2, 0.25) is 0 Å². The molecule has 174 valence electrons. The van der Waals surface area contributed by atoms with Gasteiger partial charge in [0.05, 0.1) is 5.70 Å². The molecule has 2 aromatic rings. The summed E-state index contributed by atoms with van der Waals surface area (Å²) in [5, 5.41) is 3.41. The van der Waals surface area contributed by atoms with E-state index < -0.39 is 9.21 Å². The molecule has 1 aliphatic heterocycles. The lowest BCUT2D eigenvalue weighted by Crippen LogP contribution is -2.28. The summed E-state index contributed by atoms with van der Waals surface area (Å²) < 4.78 is 0. The molecular weight excluding hydrogens is 424 g/mol. The smallest absolute Gasteiger partial charge is 0.154 e. The monoisotopic (exact) mass is 460 g/mol. The summed E-state index contributed by atoms with van der Waals surface area (Å²) >= 11 is 0. The van der Waals surface area contributed by atoms with E-state index in [1.165, 1.54) is 4.90 Å². The standard InChI is InChI=1S/C25H30N4S.C3H6/c1-8-24(20-11-9-14-23(17-20)30(5,6)7)29-16-15-26-25(19(29)2)27-21-12-10-13-22(18-21)28(3)4;1-3-2/h8-18H,2,5-6H2,1,3-4,7H3,(H,26,27);3H,1H2,2H3/b24-8-;. The number of anilines is 2. The van der Waals surface area contributed by atoms with Crippen LogP contribution in [0.5, 0.6) is 0 Å². The molecular formula is C28H36N4S. The first-order valence-electron chi connectivity index (χ1n) is 10.7. The van der Waals surface area contributed by atoms with Gasteiger partial charge in [-0.25, -0.2) is 4.99 Å². The summed E-state index contributed by atoms with van der Waals surface area (Å²) in [5.41, 5.74) is 5.01. The molecule has 1 aliphatic rings. The molecule has 0 spiro atoms. The molecule has 0 amide bonds. The predicted molar refractivity (Wildman–Crippen MR) is 154 cm³/mol. The number of benzene rings is 2. The van der Waals surface area contributed by atoms with E-state index in [1.54, 1.807) is 12.3 Å². The third-order valence-electron chi connectivity index (χ3n) is 4.84. The van der Waals surface area contributed by atoms with Crippen LogP contribution in [0.4, 0.5) is 11.4 Å².